The van der Waals surface area contributed by atoms with Crippen LogP contribution in [-0.2, 0) is 4.74 Å². The molecule has 0 aromatic heterocycles. The highest BCUT2D eigenvalue weighted by molar-refractivity contribution is 4.80. The Kier molecular flexibility index (Phi) is 3.98. The molecule has 0 rings (SSSR count). The highest BCUT2D eigenvalue weighted by Gasteiger charge is 2.31. The molecule has 0 heterocycles. The fourth-order valence-corrected chi connectivity index (χ4v) is 1.69. The first-order valence-corrected chi connectivity index (χ1v) is 5.22. The molecule has 1 nitrogen and oxygen atoms in total. The van der Waals surface area contributed by atoms with E-state index in [2.05, 4.69) is 55.4 Å². The predicted octanol–water partition coefficient (Wildman–Crippen LogP) is 3.87. The first kappa shape index (κ1) is 13.0. The van der Waals surface area contributed by atoms with Gasteiger partial charge in [0.05, 0.1) is 11.7 Å². The Hall–Kier alpha value is -0.0400. The molecule has 0 amide bonds. The quantitative estimate of drug-likeness (QED) is 0.636. The van der Waals surface area contributed by atoms with E-state index in [-0.39, 0.29) is 11.0 Å². The lowest BCUT2D eigenvalue weighted by molar-refractivity contribution is -0.124. The molecule has 0 bridgehead atoms. The van der Waals surface area contributed by atoms with Crippen molar-refractivity contribution < 1.29 is 4.74 Å². The number of rotatable bonds is 2. The van der Waals surface area contributed by atoms with Crippen LogP contribution >= 0.6 is 0 Å². The van der Waals surface area contributed by atoms with Gasteiger partial charge in [0.2, 0.25) is 0 Å². The third kappa shape index (κ3) is 5.30. The van der Waals surface area contributed by atoms with Crippen molar-refractivity contribution in [2.45, 2.75) is 67.1 Å². The molecule has 1 unspecified atom stereocenters. The number of hydrogen-bond acceptors (Lipinski definition) is 1. The molecule has 0 aliphatic carbocycles. The second-order valence-corrected chi connectivity index (χ2v) is 6.26. The minimum atomic E-state index is -0.0395. The molecule has 0 spiro atoms. The summed E-state index contributed by atoms with van der Waals surface area (Å²) in [6.07, 6.45) is 0.326. The SMILES string of the molecule is CC(C)C(OC(C)(C)C)C(C)(C)C. The van der Waals surface area contributed by atoms with Crippen LogP contribution in [0.5, 0.6) is 0 Å². The molecular formula is C12H26O. The first-order chi connectivity index (χ1) is 5.54. The third-order valence-corrected chi connectivity index (χ3v) is 1.94. The number of ether oxygens (including phenoxy) is 1. The van der Waals surface area contributed by atoms with Crippen molar-refractivity contribution in [1.29, 1.82) is 0 Å². The maximum Gasteiger partial charge on any atom is 0.0653 e. The van der Waals surface area contributed by atoms with Crippen molar-refractivity contribution in [3.63, 3.8) is 0 Å². The topological polar surface area (TPSA) is 9.23 Å². The van der Waals surface area contributed by atoms with Gasteiger partial charge >= 0.3 is 0 Å². The fraction of sp³-hybridized carbons (Fsp3) is 1.00. The molecule has 0 aliphatic rings. The van der Waals surface area contributed by atoms with E-state index in [1.54, 1.807) is 0 Å². The van der Waals surface area contributed by atoms with E-state index in [9.17, 15) is 0 Å². The summed E-state index contributed by atoms with van der Waals surface area (Å²) in [5, 5.41) is 0. The van der Waals surface area contributed by atoms with E-state index in [1.165, 1.54) is 0 Å². The third-order valence-electron chi connectivity index (χ3n) is 1.94. The van der Waals surface area contributed by atoms with Crippen LogP contribution in [0, 0.1) is 11.3 Å². The Morgan fingerprint density at radius 3 is 1.31 bits per heavy atom. The largest absolute Gasteiger partial charge is 0.372 e. The Morgan fingerprint density at radius 2 is 1.23 bits per heavy atom. The second-order valence-electron chi connectivity index (χ2n) is 6.26. The van der Waals surface area contributed by atoms with E-state index in [4.69, 9.17) is 4.74 Å². The molecule has 0 aliphatic heterocycles. The van der Waals surface area contributed by atoms with E-state index in [0.29, 0.717) is 12.0 Å². The van der Waals surface area contributed by atoms with E-state index >= 15 is 0 Å². The minimum Gasteiger partial charge on any atom is -0.372 e. The zero-order valence-electron chi connectivity index (χ0n) is 10.6. The summed E-state index contributed by atoms with van der Waals surface area (Å²) in [7, 11) is 0. The van der Waals surface area contributed by atoms with Crippen LogP contribution in [0.25, 0.3) is 0 Å². The zero-order chi connectivity index (χ0) is 10.9. The Balaban J connectivity index is 4.47. The Bertz CT molecular complexity index is 145. The summed E-state index contributed by atoms with van der Waals surface area (Å²) >= 11 is 0. The highest BCUT2D eigenvalue weighted by atomic mass is 16.5. The van der Waals surface area contributed by atoms with Crippen molar-refractivity contribution in [3.8, 4) is 0 Å². The zero-order valence-corrected chi connectivity index (χ0v) is 10.6. The first-order valence-electron chi connectivity index (χ1n) is 5.22. The highest BCUT2D eigenvalue weighted by Crippen LogP contribution is 2.31. The Labute approximate surface area is 83.9 Å². The molecule has 1 heteroatoms. The van der Waals surface area contributed by atoms with Crippen molar-refractivity contribution in [2.24, 2.45) is 11.3 Å². The molecule has 0 saturated heterocycles. The van der Waals surface area contributed by atoms with Gasteiger partial charge in [0.1, 0.15) is 0 Å². The molecular weight excluding hydrogens is 160 g/mol. The van der Waals surface area contributed by atoms with Crippen LogP contribution < -0.4 is 0 Å². The Morgan fingerprint density at radius 1 is 0.846 bits per heavy atom. The summed E-state index contributed by atoms with van der Waals surface area (Å²) in [6.45, 7) is 17.5. The van der Waals surface area contributed by atoms with Crippen LogP contribution in [0.15, 0.2) is 0 Å². The van der Waals surface area contributed by atoms with Gasteiger partial charge in [-0.05, 0) is 32.1 Å². The summed E-state index contributed by atoms with van der Waals surface area (Å²) in [6, 6.07) is 0. The molecule has 0 aromatic rings. The van der Waals surface area contributed by atoms with Crippen LogP contribution in [0.1, 0.15) is 55.4 Å². The minimum absolute atomic E-state index is 0.0395. The lowest BCUT2D eigenvalue weighted by atomic mass is 9.82. The summed E-state index contributed by atoms with van der Waals surface area (Å²) < 4.78 is 6.06. The summed E-state index contributed by atoms with van der Waals surface area (Å²) in [4.78, 5) is 0. The molecule has 1 atom stereocenters. The van der Waals surface area contributed by atoms with Crippen LogP contribution in [-0.4, -0.2) is 11.7 Å². The maximum atomic E-state index is 6.06. The van der Waals surface area contributed by atoms with Crippen molar-refractivity contribution in [1.82, 2.24) is 0 Å². The lowest BCUT2D eigenvalue weighted by Gasteiger charge is -2.38. The van der Waals surface area contributed by atoms with Gasteiger partial charge in [0, 0.05) is 0 Å². The number of hydrogen-bond donors (Lipinski definition) is 0. The van der Waals surface area contributed by atoms with Gasteiger partial charge in [0.15, 0.2) is 0 Å². The summed E-state index contributed by atoms with van der Waals surface area (Å²) in [5.74, 6) is 0.569. The van der Waals surface area contributed by atoms with Gasteiger partial charge in [-0.2, -0.15) is 0 Å². The molecule has 0 radical (unpaired) electrons. The van der Waals surface area contributed by atoms with Crippen molar-refractivity contribution in [2.75, 3.05) is 0 Å². The normalized spacial score (nSPS) is 16.4. The van der Waals surface area contributed by atoms with Crippen LogP contribution in [0.3, 0.4) is 0 Å². The van der Waals surface area contributed by atoms with Crippen LogP contribution in [0.2, 0.25) is 0 Å². The molecule has 0 aromatic carbocycles. The molecule has 0 fully saturated rings. The predicted molar refractivity (Wildman–Crippen MR) is 58.9 cm³/mol. The molecule has 0 N–H and O–H groups in total. The van der Waals surface area contributed by atoms with Gasteiger partial charge in [0.25, 0.3) is 0 Å². The van der Waals surface area contributed by atoms with Gasteiger partial charge in [-0.3, -0.25) is 0 Å². The van der Waals surface area contributed by atoms with Gasteiger partial charge in [-0.25, -0.2) is 0 Å². The molecule has 13 heavy (non-hydrogen) atoms. The fourth-order valence-electron chi connectivity index (χ4n) is 1.69. The van der Waals surface area contributed by atoms with Crippen molar-refractivity contribution >= 4 is 0 Å². The maximum absolute atomic E-state index is 6.06. The molecule has 80 valence electrons. The van der Waals surface area contributed by atoms with Crippen molar-refractivity contribution in [3.05, 3.63) is 0 Å². The standard InChI is InChI=1S/C12H26O/c1-9(2)10(11(3,4)5)13-12(6,7)8/h9-10H,1-8H3. The smallest absolute Gasteiger partial charge is 0.0653 e. The average Bonchev–Trinajstić information content (AvgIpc) is 1.77. The van der Waals surface area contributed by atoms with E-state index in [1.807, 2.05) is 0 Å². The van der Waals surface area contributed by atoms with E-state index in [0.717, 1.165) is 0 Å². The summed E-state index contributed by atoms with van der Waals surface area (Å²) in [5.41, 5.74) is 0.184. The lowest BCUT2D eigenvalue weighted by Crippen LogP contribution is -2.40. The van der Waals surface area contributed by atoms with Crippen LogP contribution in [0.4, 0.5) is 0 Å². The molecule has 0 saturated carbocycles. The van der Waals surface area contributed by atoms with Gasteiger partial charge in [-0.15, -0.1) is 0 Å². The average molecular weight is 186 g/mol. The van der Waals surface area contributed by atoms with E-state index < -0.39 is 0 Å². The monoisotopic (exact) mass is 186 g/mol. The van der Waals surface area contributed by atoms with Gasteiger partial charge < -0.3 is 4.74 Å². The van der Waals surface area contributed by atoms with Gasteiger partial charge in [-0.1, -0.05) is 34.6 Å². The second kappa shape index (κ2) is 4.00.